The molecular weight excluding hydrogens is 333 g/mol. The highest BCUT2D eigenvalue weighted by Crippen LogP contribution is 2.33. The number of fused-ring (bicyclic) bond motifs is 1. The fourth-order valence-corrected chi connectivity index (χ4v) is 4.39. The molecule has 0 aromatic heterocycles. The number of halogens is 2. The molecule has 1 amide bonds. The lowest BCUT2D eigenvalue weighted by atomic mass is 9.85. The van der Waals surface area contributed by atoms with Crippen molar-refractivity contribution in [3.8, 4) is 0 Å². The summed E-state index contributed by atoms with van der Waals surface area (Å²) in [6.45, 7) is 3.29. The summed E-state index contributed by atoms with van der Waals surface area (Å²) in [4.78, 5) is 14.7. The van der Waals surface area contributed by atoms with E-state index in [1.807, 2.05) is 0 Å². The Labute approximate surface area is 153 Å². The van der Waals surface area contributed by atoms with Crippen molar-refractivity contribution in [1.82, 2.24) is 15.5 Å². The topological polar surface area (TPSA) is 44.4 Å². The van der Waals surface area contributed by atoms with Crippen LogP contribution in [0.15, 0.2) is 0 Å². The zero-order chi connectivity index (χ0) is 14.7. The molecule has 0 spiro atoms. The minimum Gasteiger partial charge on any atom is -0.355 e. The Morgan fingerprint density at radius 1 is 1.13 bits per heavy atom. The molecule has 3 atom stereocenters. The maximum atomic E-state index is 12.3. The Morgan fingerprint density at radius 3 is 2.52 bits per heavy atom. The van der Waals surface area contributed by atoms with Crippen molar-refractivity contribution in [3.63, 3.8) is 0 Å². The van der Waals surface area contributed by atoms with E-state index in [2.05, 4.69) is 22.6 Å². The molecular formula is C17H33Cl2N3O. The van der Waals surface area contributed by atoms with Crippen molar-refractivity contribution in [3.05, 3.63) is 0 Å². The van der Waals surface area contributed by atoms with Crippen molar-refractivity contribution < 1.29 is 4.79 Å². The second kappa shape index (κ2) is 10.1. The number of carbonyl (C=O) groups is 1. The van der Waals surface area contributed by atoms with E-state index in [0.29, 0.717) is 6.04 Å². The van der Waals surface area contributed by atoms with Gasteiger partial charge >= 0.3 is 0 Å². The molecule has 1 aliphatic carbocycles. The summed E-state index contributed by atoms with van der Waals surface area (Å²) < 4.78 is 0. The van der Waals surface area contributed by atoms with Gasteiger partial charge in [0.1, 0.15) is 0 Å². The van der Waals surface area contributed by atoms with E-state index in [-0.39, 0.29) is 36.8 Å². The van der Waals surface area contributed by atoms with Gasteiger partial charge in [-0.05, 0) is 70.5 Å². The first-order chi connectivity index (χ1) is 10.2. The second-order valence-electron chi connectivity index (χ2n) is 7.43. The SMILES string of the molecule is CN1CCC(CCNC(=O)C2CC3CCCCC3N2)CC1.Cl.Cl. The van der Waals surface area contributed by atoms with Gasteiger partial charge in [-0.15, -0.1) is 24.8 Å². The van der Waals surface area contributed by atoms with Crippen molar-refractivity contribution in [2.24, 2.45) is 11.8 Å². The van der Waals surface area contributed by atoms with Gasteiger partial charge in [0.15, 0.2) is 0 Å². The normalized spacial score (nSPS) is 31.6. The lowest BCUT2D eigenvalue weighted by Crippen LogP contribution is -2.43. The molecule has 0 radical (unpaired) electrons. The summed E-state index contributed by atoms with van der Waals surface area (Å²) in [5, 5.41) is 6.75. The molecule has 2 saturated heterocycles. The van der Waals surface area contributed by atoms with Crippen LogP contribution in [0.3, 0.4) is 0 Å². The average molecular weight is 366 g/mol. The van der Waals surface area contributed by atoms with Crippen LogP contribution in [0, 0.1) is 11.8 Å². The molecule has 3 rings (SSSR count). The number of nitrogens with one attached hydrogen (secondary N) is 2. The van der Waals surface area contributed by atoms with E-state index >= 15 is 0 Å². The van der Waals surface area contributed by atoms with Crippen LogP contribution in [0.2, 0.25) is 0 Å². The van der Waals surface area contributed by atoms with Gasteiger partial charge in [-0.1, -0.05) is 12.8 Å². The van der Waals surface area contributed by atoms with Crippen LogP contribution in [0.4, 0.5) is 0 Å². The maximum Gasteiger partial charge on any atom is 0.237 e. The lowest BCUT2D eigenvalue weighted by molar-refractivity contribution is -0.122. The van der Waals surface area contributed by atoms with E-state index in [0.717, 1.165) is 31.2 Å². The molecule has 3 unspecified atom stereocenters. The number of hydrogen-bond acceptors (Lipinski definition) is 3. The van der Waals surface area contributed by atoms with Crippen LogP contribution in [0.1, 0.15) is 51.4 Å². The van der Waals surface area contributed by atoms with Gasteiger partial charge in [-0.3, -0.25) is 4.79 Å². The first kappa shape index (κ1) is 21.0. The number of rotatable bonds is 4. The van der Waals surface area contributed by atoms with Crippen molar-refractivity contribution in [2.75, 3.05) is 26.7 Å². The predicted molar refractivity (Wildman–Crippen MR) is 99.6 cm³/mol. The third-order valence-electron chi connectivity index (χ3n) is 5.87. The molecule has 0 aromatic carbocycles. The maximum absolute atomic E-state index is 12.3. The second-order valence-corrected chi connectivity index (χ2v) is 7.43. The molecule has 6 heteroatoms. The fraction of sp³-hybridized carbons (Fsp3) is 0.941. The minimum atomic E-state index is 0. The molecule has 3 fully saturated rings. The smallest absolute Gasteiger partial charge is 0.237 e. The van der Waals surface area contributed by atoms with E-state index in [4.69, 9.17) is 0 Å². The molecule has 0 aromatic rings. The summed E-state index contributed by atoms with van der Waals surface area (Å²) in [6.07, 6.45) is 10.1. The van der Waals surface area contributed by atoms with E-state index in [1.54, 1.807) is 0 Å². The summed E-state index contributed by atoms with van der Waals surface area (Å²) in [5.41, 5.74) is 0. The summed E-state index contributed by atoms with van der Waals surface area (Å²) in [5.74, 6) is 1.81. The Bertz CT molecular complexity index is 348. The van der Waals surface area contributed by atoms with Gasteiger partial charge in [0.05, 0.1) is 6.04 Å². The Hall–Kier alpha value is -0.0300. The number of amides is 1. The average Bonchev–Trinajstić information content (AvgIpc) is 2.93. The number of piperidine rings is 1. The molecule has 2 N–H and O–H groups in total. The summed E-state index contributed by atoms with van der Waals surface area (Å²) >= 11 is 0. The van der Waals surface area contributed by atoms with Crippen LogP contribution in [-0.4, -0.2) is 49.6 Å². The molecule has 4 nitrogen and oxygen atoms in total. The Morgan fingerprint density at radius 2 is 1.83 bits per heavy atom. The quantitative estimate of drug-likeness (QED) is 0.804. The molecule has 136 valence electrons. The molecule has 2 heterocycles. The van der Waals surface area contributed by atoms with E-state index in [1.165, 1.54) is 51.6 Å². The molecule has 2 aliphatic heterocycles. The third-order valence-corrected chi connectivity index (χ3v) is 5.87. The van der Waals surface area contributed by atoms with Crippen molar-refractivity contribution in [2.45, 2.75) is 63.5 Å². The van der Waals surface area contributed by atoms with Crippen LogP contribution in [0.5, 0.6) is 0 Å². The van der Waals surface area contributed by atoms with Gasteiger partial charge < -0.3 is 15.5 Å². The van der Waals surface area contributed by atoms with Crippen molar-refractivity contribution >= 4 is 30.7 Å². The van der Waals surface area contributed by atoms with Gasteiger partial charge in [-0.2, -0.15) is 0 Å². The predicted octanol–water partition coefficient (Wildman–Crippen LogP) is 2.60. The largest absolute Gasteiger partial charge is 0.355 e. The first-order valence-electron chi connectivity index (χ1n) is 8.94. The van der Waals surface area contributed by atoms with E-state index in [9.17, 15) is 4.79 Å². The van der Waals surface area contributed by atoms with Crippen LogP contribution >= 0.6 is 24.8 Å². The van der Waals surface area contributed by atoms with Gasteiger partial charge in [-0.25, -0.2) is 0 Å². The number of likely N-dealkylation sites (tertiary alicyclic amines) is 1. The highest BCUT2D eigenvalue weighted by atomic mass is 35.5. The van der Waals surface area contributed by atoms with Crippen molar-refractivity contribution in [1.29, 1.82) is 0 Å². The van der Waals surface area contributed by atoms with E-state index < -0.39 is 0 Å². The monoisotopic (exact) mass is 365 g/mol. The zero-order valence-corrected chi connectivity index (χ0v) is 15.9. The summed E-state index contributed by atoms with van der Waals surface area (Å²) in [7, 11) is 2.20. The Balaban J connectivity index is 0.00000132. The number of nitrogens with zero attached hydrogens (tertiary/aromatic N) is 1. The highest BCUT2D eigenvalue weighted by molar-refractivity contribution is 5.85. The molecule has 1 saturated carbocycles. The Kier molecular flexibility index (Phi) is 9.20. The van der Waals surface area contributed by atoms with Gasteiger partial charge in [0.25, 0.3) is 0 Å². The number of hydrogen-bond donors (Lipinski definition) is 2. The third kappa shape index (κ3) is 5.77. The van der Waals surface area contributed by atoms with Crippen LogP contribution in [0.25, 0.3) is 0 Å². The van der Waals surface area contributed by atoms with Gasteiger partial charge in [0.2, 0.25) is 5.91 Å². The standard InChI is InChI=1S/C17H31N3O.2ClH/c1-20-10-7-13(8-11-20)6-9-18-17(21)16-12-14-4-2-3-5-15(14)19-16;;/h13-16,19H,2-12H2,1H3,(H,18,21);2*1H. The lowest BCUT2D eigenvalue weighted by Gasteiger charge is -2.29. The highest BCUT2D eigenvalue weighted by Gasteiger charge is 2.37. The van der Waals surface area contributed by atoms with Gasteiger partial charge in [0, 0.05) is 12.6 Å². The first-order valence-corrected chi connectivity index (χ1v) is 8.94. The zero-order valence-electron chi connectivity index (χ0n) is 14.3. The van der Waals surface area contributed by atoms with Crippen LogP contribution in [-0.2, 0) is 4.79 Å². The molecule has 23 heavy (non-hydrogen) atoms. The minimum absolute atomic E-state index is 0. The molecule has 0 bridgehead atoms. The summed E-state index contributed by atoms with van der Waals surface area (Å²) in [6, 6.07) is 0.693. The fourth-order valence-electron chi connectivity index (χ4n) is 4.39. The van der Waals surface area contributed by atoms with Crippen LogP contribution < -0.4 is 10.6 Å². The number of carbonyl (C=O) groups excluding carboxylic acids is 1. The molecule has 3 aliphatic rings.